The van der Waals surface area contributed by atoms with Crippen molar-refractivity contribution < 1.29 is 4.79 Å². The Morgan fingerprint density at radius 3 is 2.20 bits per heavy atom. The van der Waals surface area contributed by atoms with Crippen molar-refractivity contribution in [1.82, 2.24) is 4.90 Å². The van der Waals surface area contributed by atoms with Gasteiger partial charge in [0.15, 0.2) is 0 Å². The van der Waals surface area contributed by atoms with Gasteiger partial charge in [0.1, 0.15) is 5.78 Å². The van der Waals surface area contributed by atoms with Gasteiger partial charge in [-0.2, -0.15) is 0 Å². The molecule has 0 spiro atoms. The molecular weight excluding hydrogens is 192 g/mol. The Bertz CT molecular complexity index is 295. The standard InChI is InChI=1S/C10H18N4O/c1-9(2)5-8(15)6-10(3,4)14(9)7-12-13-11/h5-7H2,1-4H3. The van der Waals surface area contributed by atoms with Crippen molar-refractivity contribution in [3.63, 3.8) is 0 Å². The van der Waals surface area contributed by atoms with Gasteiger partial charge in [-0.3, -0.25) is 9.69 Å². The zero-order chi connectivity index (χ0) is 11.7. The van der Waals surface area contributed by atoms with Crippen LogP contribution in [-0.4, -0.2) is 28.4 Å². The van der Waals surface area contributed by atoms with Gasteiger partial charge < -0.3 is 0 Å². The van der Waals surface area contributed by atoms with E-state index in [1.165, 1.54) is 0 Å². The Morgan fingerprint density at radius 1 is 1.33 bits per heavy atom. The minimum atomic E-state index is -0.229. The Hall–Kier alpha value is -1.06. The number of likely N-dealkylation sites (tertiary alicyclic amines) is 1. The van der Waals surface area contributed by atoms with E-state index in [1.54, 1.807) is 0 Å². The molecule has 5 heteroatoms. The van der Waals surface area contributed by atoms with Crippen molar-refractivity contribution in [3.05, 3.63) is 10.4 Å². The number of Topliss-reactive ketones (excluding diaryl/α,β-unsaturated/α-hetero) is 1. The molecule has 0 atom stereocenters. The first-order valence-electron chi connectivity index (χ1n) is 5.10. The Morgan fingerprint density at radius 2 is 1.80 bits per heavy atom. The van der Waals surface area contributed by atoms with Crippen LogP contribution in [0.1, 0.15) is 40.5 Å². The topological polar surface area (TPSA) is 69.1 Å². The van der Waals surface area contributed by atoms with E-state index in [9.17, 15) is 4.79 Å². The summed E-state index contributed by atoms with van der Waals surface area (Å²) in [6, 6.07) is 0. The van der Waals surface area contributed by atoms with Crippen molar-refractivity contribution in [2.75, 3.05) is 6.67 Å². The first-order valence-corrected chi connectivity index (χ1v) is 5.10. The number of azide groups is 1. The summed E-state index contributed by atoms with van der Waals surface area (Å²) < 4.78 is 0. The third kappa shape index (κ3) is 2.49. The molecule has 1 aliphatic rings. The predicted octanol–water partition coefficient (Wildman–Crippen LogP) is 2.48. The normalized spacial score (nSPS) is 24.7. The third-order valence-electron chi connectivity index (χ3n) is 2.99. The van der Waals surface area contributed by atoms with Gasteiger partial charge in [-0.05, 0) is 33.2 Å². The molecule has 1 aliphatic heterocycles. The minimum Gasteiger partial charge on any atom is -0.300 e. The number of hydrogen-bond acceptors (Lipinski definition) is 3. The van der Waals surface area contributed by atoms with Crippen molar-refractivity contribution in [2.45, 2.75) is 51.6 Å². The highest BCUT2D eigenvalue weighted by Crippen LogP contribution is 2.36. The van der Waals surface area contributed by atoms with Crippen molar-refractivity contribution >= 4 is 5.78 Å². The summed E-state index contributed by atoms with van der Waals surface area (Å²) in [5.74, 6) is 0.280. The van der Waals surface area contributed by atoms with Crippen LogP contribution in [0.5, 0.6) is 0 Å². The van der Waals surface area contributed by atoms with Crippen LogP contribution in [0.25, 0.3) is 10.4 Å². The lowest BCUT2D eigenvalue weighted by molar-refractivity contribution is -0.133. The molecule has 0 aliphatic carbocycles. The minimum absolute atomic E-state index is 0.229. The van der Waals surface area contributed by atoms with E-state index < -0.39 is 0 Å². The van der Waals surface area contributed by atoms with Crippen LogP contribution in [-0.2, 0) is 4.79 Å². The largest absolute Gasteiger partial charge is 0.300 e. The number of hydrogen-bond donors (Lipinski definition) is 0. The molecule has 15 heavy (non-hydrogen) atoms. The Balaban J connectivity index is 2.96. The second kappa shape index (κ2) is 3.83. The summed E-state index contributed by atoms with van der Waals surface area (Å²) >= 11 is 0. The molecule has 0 radical (unpaired) electrons. The van der Waals surface area contributed by atoms with Gasteiger partial charge in [-0.1, -0.05) is 5.11 Å². The van der Waals surface area contributed by atoms with Crippen LogP contribution in [0.3, 0.4) is 0 Å². The van der Waals surface area contributed by atoms with Gasteiger partial charge in [-0.15, -0.1) is 0 Å². The number of piperidine rings is 1. The molecule has 0 bridgehead atoms. The lowest BCUT2D eigenvalue weighted by Crippen LogP contribution is -2.60. The van der Waals surface area contributed by atoms with Crippen LogP contribution in [0, 0.1) is 0 Å². The van der Waals surface area contributed by atoms with Crippen LogP contribution in [0.2, 0.25) is 0 Å². The maximum Gasteiger partial charge on any atom is 0.136 e. The maximum atomic E-state index is 11.6. The maximum absolute atomic E-state index is 11.6. The Kier molecular flexibility index (Phi) is 3.07. The van der Waals surface area contributed by atoms with Crippen molar-refractivity contribution in [2.24, 2.45) is 5.11 Å². The number of carbonyl (C=O) groups excluding carboxylic acids is 1. The Labute approximate surface area is 90.1 Å². The lowest BCUT2D eigenvalue weighted by atomic mass is 9.79. The van der Waals surface area contributed by atoms with E-state index in [-0.39, 0.29) is 16.9 Å². The van der Waals surface area contributed by atoms with Crippen LogP contribution >= 0.6 is 0 Å². The molecule has 0 amide bonds. The third-order valence-corrected chi connectivity index (χ3v) is 2.99. The number of rotatable bonds is 2. The van der Waals surface area contributed by atoms with E-state index in [4.69, 9.17) is 5.53 Å². The summed E-state index contributed by atoms with van der Waals surface area (Å²) in [6.45, 7) is 8.37. The molecular formula is C10H18N4O. The van der Waals surface area contributed by atoms with Gasteiger partial charge >= 0.3 is 0 Å². The lowest BCUT2D eigenvalue weighted by Gasteiger charge is -2.51. The van der Waals surface area contributed by atoms with E-state index in [0.717, 1.165) is 0 Å². The van der Waals surface area contributed by atoms with Gasteiger partial charge in [0.25, 0.3) is 0 Å². The molecule has 0 aromatic rings. The summed E-state index contributed by atoms with van der Waals surface area (Å²) in [5.41, 5.74) is 7.90. The molecule has 1 saturated heterocycles. The molecule has 1 heterocycles. The van der Waals surface area contributed by atoms with E-state index >= 15 is 0 Å². The van der Waals surface area contributed by atoms with Crippen LogP contribution in [0.4, 0.5) is 0 Å². The average molecular weight is 210 g/mol. The van der Waals surface area contributed by atoms with Gasteiger partial charge in [-0.25, -0.2) is 0 Å². The molecule has 0 aromatic heterocycles. The monoisotopic (exact) mass is 210 g/mol. The van der Waals surface area contributed by atoms with Gasteiger partial charge in [0.2, 0.25) is 0 Å². The van der Waals surface area contributed by atoms with Crippen molar-refractivity contribution in [1.29, 1.82) is 0 Å². The fourth-order valence-corrected chi connectivity index (χ4v) is 2.51. The second-order valence-electron chi connectivity index (χ2n) is 5.32. The SMILES string of the molecule is CC1(C)CC(=O)CC(C)(C)N1CN=[N+]=[N-]. The highest BCUT2D eigenvalue weighted by molar-refractivity contribution is 5.81. The summed E-state index contributed by atoms with van der Waals surface area (Å²) in [5, 5.41) is 3.61. The van der Waals surface area contributed by atoms with Gasteiger partial charge in [0, 0.05) is 28.8 Å². The number of ketones is 1. The van der Waals surface area contributed by atoms with Gasteiger partial charge in [0.05, 0.1) is 6.67 Å². The van der Waals surface area contributed by atoms with Crippen molar-refractivity contribution in [3.8, 4) is 0 Å². The molecule has 84 valence electrons. The first kappa shape index (κ1) is 12.0. The van der Waals surface area contributed by atoms with E-state index in [0.29, 0.717) is 19.5 Å². The first-order chi connectivity index (χ1) is 6.79. The molecule has 1 fully saturated rings. The van der Waals surface area contributed by atoms with Crippen LogP contribution < -0.4 is 0 Å². The number of nitrogens with zero attached hydrogens (tertiary/aromatic N) is 4. The van der Waals surface area contributed by atoms with E-state index in [2.05, 4.69) is 14.9 Å². The fourth-order valence-electron chi connectivity index (χ4n) is 2.51. The molecule has 0 N–H and O–H groups in total. The molecule has 0 unspecified atom stereocenters. The molecule has 1 rings (SSSR count). The molecule has 5 nitrogen and oxygen atoms in total. The second-order valence-corrected chi connectivity index (χ2v) is 5.32. The molecule has 0 aromatic carbocycles. The van der Waals surface area contributed by atoms with E-state index in [1.807, 2.05) is 27.7 Å². The smallest absolute Gasteiger partial charge is 0.136 e. The average Bonchev–Trinajstić information content (AvgIpc) is 1.98. The zero-order valence-corrected chi connectivity index (χ0v) is 9.82. The summed E-state index contributed by atoms with van der Waals surface area (Å²) in [7, 11) is 0. The highest BCUT2D eigenvalue weighted by Gasteiger charge is 2.44. The highest BCUT2D eigenvalue weighted by atomic mass is 16.1. The number of carbonyl (C=O) groups is 1. The summed E-state index contributed by atoms with van der Waals surface area (Å²) in [4.78, 5) is 16.5. The fraction of sp³-hybridized carbons (Fsp3) is 0.900. The molecule has 0 saturated carbocycles. The quantitative estimate of drug-likeness (QED) is 0.399. The zero-order valence-electron chi connectivity index (χ0n) is 9.82. The summed E-state index contributed by atoms with van der Waals surface area (Å²) in [6.07, 6.45) is 1.05. The van der Waals surface area contributed by atoms with Crippen LogP contribution in [0.15, 0.2) is 5.11 Å². The predicted molar refractivity (Wildman–Crippen MR) is 58.3 cm³/mol.